The van der Waals surface area contributed by atoms with E-state index in [0.717, 1.165) is 12.8 Å². The van der Waals surface area contributed by atoms with Gasteiger partial charge in [0.25, 0.3) is 0 Å². The molecule has 3 N–H and O–H groups in total. The number of carbonyl (C=O) groups excluding carboxylic acids is 1. The van der Waals surface area contributed by atoms with Gasteiger partial charge in [-0.15, -0.1) is 0 Å². The van der Waals surface area contributed by atoms with Crippen molar-refractivity contribution in [1.29, 1.82) is 0 Å². The number of nitrogen functional groups attached to an aromatic ring is 1. The number of aromatic nitrogens is 2. The van der Waals surface area contributed by atoms with E-state index < -0.39 is 0 Å². The zero-order chi connectivity index (χ0) is 12.3. The molecule has 2 aromatic rings. The van der Waals surface area contributed by atoms with Crippen LogP contribution in [0.15, 0.2) is 30.5 Å². The molecular weight excluding hydrogens is 214 g/mol. The number of hydrogen-bond donors (Lipinski definition) is 2. The summed E-state index contributed by atoms with van der Waals surface area (Å²) in [7, 11) is 0. The first-order valence-electron chi connectivity index (χ1n) is 5.65. The van der Waals surface area contributed by atoms with Crippen molar-refractivity contribution in [3.05, 3.63) is 47.2 Å². The summed E-state index contributed by atoms with van der Waals surface area (Å²) in [5, 5.41) is 6.32. The van der Waals surface area contributed by atoms with Crippen LogP contribution in [0.1, 0.15) is 34.8 Å². The molecule has 0 fully saturated rings. The predicted molar refractivity (Wildman–Crippen MR) is 66.9 cm³/mol. The standard InChI is InChI=1S/C13H15N3O/c1-2-4-9-5-3-6-10(7-9)12(17)11-8-15-16-13(11)14/h3,5-8H,2,4H2,1H3,(H3,14,15,16). The first-order valence-corrected chi connectivity index (χ1v) is 5.65. The van der Waals surface area contributed by atoms with E-state index in [2.05, 4.69) is 17.1 Å². The molecule has 0 aliphatic rings. The molecule has 4 heteroatoms. The van der Waals surface area contributed by atoms with E-state index >= 15 is 0 Å². The van der Waals surface area contributed by atoms with Gasteiger partial charge in [-0.3, -0.25) is 9.89 Å². The molecule has 0 bridgehead atoms. The first kappa shape index (κ1) is 11.4. The molecule has 0 atom stereocenters. The first-order chi connectivity index (χ1) is 8.22. The topological polar surface area (TPSA) is 71.8 Å². The zero-order valence-electron chi connectivity index (χ0n) is 9.73. The molecule has 88 valence electrons. The highest BCUT2D eigenvalue weighted by Gasteiger charge is 2.14. The van der Waals surface area contributed by atoms with Crippen molar-refractivity contribution in [2.24, 2.45) is 0 Å². The number of aryl methyl sites for hydroxylation is 1. The lowest BCUT2D eigenvalue weighted by Gasteiger charge is -2.03. The van der Waals surface area contributed by atoms with Crippen LogP contribution in [-0.4, -0.2) is 16.0 Å². The molecule has 1 aromatic heterocycles. The number of rotatable bonds is 4. The number of H-pyrrole nitrogens is 1. The molecule has 0 amide bonds. The second kappa shape index (κ2) is 4.82. The van der Waals surface area contributed by atoms with E-state index in [1.165, 1.54) is 11.8 Å². The fourth-order valence-corrected chi connectivity index (χ4v) is 1.79. The number of nitrogens with one attached hydrogen (secondary N) is 1. The molecule has 0 unspecified atom stereocenters. The fraction of sp³-hybridized carbons (Fsp3) is 0.231. The number of ketones is 1. The van der Waals surface area contributed by atoms with Crippen LogP contribution in [0.4, 0.5) is 5.82 Å². The molecule has 0 radical (unpaired) electrons. The number of nitrogens with two attached hydrogens (primary N) is 1. The van der Waals surface area contributed by atoms with Crippen LogP contribution in [-0.2, 0) is 6.42 Å². The normalized spacial score (nSPS) is 10.4. The maximum atomic E-state index is 12.1. The van der Waals surface area contributed by atoms with Gasteiger partial charge in [-0.2, -0.15) is 5.10 Å². The Labute approximate surface area is 99.8 Å². The molecule has 0 spiro atoms. The van der Waals surface area contributed by atoms with Crippen molar-refractivity contribution in [2.45, 2.75) is 19.8 Å². The van der Waals surface area contributed by atoms with Crippen LogP contribution in [0.3, 0.4) is 0 Å². The molecule has 17 heavy (non-hydrogen) atoms. The highest BCUT2D eigenvalue weighted by Crippen LogP contribution is 2.15. The Bertz CT molecular complexity index is 531. The number of anilines is 1. The average Bonchev–Trinajstić information content (AvgIpc) is 2.75. The van der Waals surface area contributed by atoms with Crippen molar-refractivity contribution in [3.63, 3.8) is 0 Å². The van der Waals surface area contributed by atoms with Crippen LogP contribution >= 0.6 is 0 Å². The molecule has 0 aliphatic heterocycles. The quantitative estimate of drug-likeness (QED) is 0.789. The fourth-order valence-electron chi connectivity index (χ4n) is 1.79. The largest absolute Gasteiger partial charge is 0.383 e. The third-order valence-corrected chi connectivity index (χ3v) is 2.64. The van der Waals surface area contributed by atoms with Crippen molar-refractivity contribution in [3.8, 4) is 0 Å². The maximum absolute atomic E-state index is 12.1. The summed E-state index contributed by atoms with van der Waals surface area (Å²) in [5.41, 5.74) is 7.89. The van der Waals surface area contributed by atoms with Gasteiger partial charge in [0, 0.05) is 5.56 Å². The Kier molecular flexibility index (Phi) is 3.23. The summed E-state index contributed by atoms with van der Waals surface area (Å²) in [6.45, 7) is 2.11. The molecule has 0 saturated heterocycles. The van der Waals surface area contributed by atoms with Crippen LogP contribution < -0.4 is 5.73 Å². The van der Waals surface area contributed by atoms with E-state index in [9.17, 15) is 4.79 Å². The van der Waals surface area contributed by atoms with Gasteiger partial charge in [0.2, 0.25) is 0 Å². The van der Waals surface area contributed by atoms with Gasteiger partial charge in [0.15, 0.2) is 5.78 Å². The minimum Gasteiger partial charge on any atom is -0.383 e. The Balaban J connectivity index is 2.31. The molecule has 0 aliphatic carbocycles. The van der Waals surface area contributed by atoms with Gasteiger partial charge >= 0.3 is 0 Å². The van der Waals surface area contributed by atoms with Gasteiger partial charge in [0.1, 0.15) is 5.82 Å². The predicted octanol–water partition coefficient (Wildman–Crippen LogP) is 2.18. The minimum absolute atomic E-state index is 0.0887. The van der Waals surface area contributed by atoms with Crippen molar-refractivity contribution in [2.75, 3.05) is 5.73 Å². The summed E-state index contributed by atoms with van der Waals surface area (Å²) in [6, 6.07) is 7.64. The monoisotopic (exact) mass is 229 g/mol. The van der Waals surface area contributed by atoms with Crippen molar-refractivity contribution < 1.29 is 4.79 Å². The van der Waals surface area contributed by atoms with E-state index in [0.29, 0.717) is 16.9 Å². The van der Waals surface area contributed by atoms with Crippen LogP contribution in [0, 0.1) is 0 Å². The lowest BCUT2D eigenvalue weighted by Crippen LogP contribution is -2.04. The third-order valence-electron chi connectivity index (χ3n) is 2.64. The van der Waals surface area contributed by atoms with Crippen molar-refractivity contribution >= 4 is 11.6 Å². The lowest BCUT2D eigenvalue weighted by atomic mass is 10.0. The zero-order valence-corrected chi connectivity index (χ0v) is 9.73. The van der Waals surface area contributed by atoms with E-state index in [1.807, 2.05) is 18.2 Å². The Morgan fingerprint density at radius 3 is 2.94 bits per heavy atom. The molecular formula is C13H15N3O. The molecule has 0 saturated carbocycles. The average molecular weight is 229 g/mol. The Morgan fingerprint density at radius 1 is 1.47 bits per heavy atom. The van der Waals surface area contributed by atoms with Gasteiger partial charge in [-0.05, 0) is 18.1 Å². The smallest absolute Gasteiger partial charge is 0.198 e. The second-order valence-corrected chi connectivity index (χ2v) is 3.98. The Hall–Kier alpha value is -2.10. The number of carbonyl (C=O) groups is 1. The van der Waals surface area contributed by atoms with Crippen LogP contribution in [0.5, 0.6) is 0 Å². The highest BCUT2D eigenvalue weighted by atomic mass is 16.1. The number of aromatic amines is 1. The van der Waals surface area contributed by atoms with Gasteiger partial charge in [-0.1, -0.05) is 31.5 Å². The summed E-state index contributed by atoms with van der Waals surface area (Å²) in [5.74, 6) is 0.227. The number of hydrogen-bond acceptors (Lipinski definition) is 3. The van der Waals surface area contributed by atoms with E-state index in [4.69, 9.17) is 5.73 Å². The van der Waals surface area contributed by atoms with E-state index in [1.54, 1.807) is 6.07 Å². The maximum Gasteiger partial charge on any atom is 0.198 e. The summed E-state index contributed by atoms with van der Waals surface area (Å²) in [4.78, 5) is 12.1. The Morgan fingerprint density at radius 2 is 2.29 bits per heavy atom. The van der Waals surface area contributed by atoms with Crippen molar-refractivity contribution in [1.82, 2.24) is 10.2 Å². The van der Waals surface area contributed by atoms with E-state index in [-0.39, 0.29) is 5.78 Å². The molecule has 1 heterocycles. The molecule has 2 rings (SSSR count). The van der Waals surface area contributed by atoms with Crippen LogP contribution in [0.2, 0.25) is 0 Å². The van der Waals surface area contributed by atoms with Gasteiger partial charge in [0.05, 0.1) is 11.8 Å². The second-order valence-electron chi connectivity index (χ2n) is 3.98. The molecule has 4 nitrogen and oxygen atoms in total. The third kappa shape index (κ3) is 2.36. The highest BCUT2D eigenvalue weighted by molar-refractivity contribution is 6.11. The summed E-state index contributed by atoms with van der Waals surface area (Å²) < 4.78 is 0. The van der Waals surface area contributed by atoms with Crippen LogP contribution in [0.25, 0.3) is 0 Å². The summed E-state index contributed by atoms with van der Waals surface area (Å²) >= 11 is 0. The summed E-state index contributed by atoms with van der Waals surface area (Å²) in [6.07, 6.45) is 3.50. The molecule has 1 aromatic carbocycles. The van der Waals surface area contributed by atoms with Gasteiger partial charge in [-0.25, -0.2) is 0 Å². The number of benzene rings is 1. The SMILES string of the molecule is CCCc1cccc(C(=O)c2cn[nH]c2N)c1. The lowest BCUT2D eigenvalue weighted by molar-refractivity contribution is 0.103. The minimum atomic E-state index is -0.0887. The number of nitrogens with zero attached hydrogens (tertiary/aromatic N) is 1. The van der Waals surface area contributed by atoms with Gasteiger partial charge < -0.3 is 5.73 Å².